The van der Waals surface area contributed by atoms with E-state index in [0.717, 1.165) is 0 Å². The Labute approximate surface area is 91.8 Å². The molecule has 0 bridgehead atoms. The average molecular weight is 259 g/mol. The number of allylic oxidation sites excluding steroid dienone is 1. The Bertz CT molecular complexity index is 372. The van der Waals surface area contributed by atoms with Gasteiger partial charge in [0.2, 0.25) is 0 Å². The predicted octanol–water partition coefficient (Wildman–Crippen LogP) is 1.53. The van der Waals surface area contributed by atoms with Crippen LogP contribution in [0.1, 0.15) is 6.92 Å². The van der Waals surface area contributed by atoms with Crippen LogP contribution in [0.4, 0.5) is 13.2 Å². The lowest BCUT2D eigenvalue weighted by atomic mass is 10.3. The minimum Gasteiger partial charge on any atom is -0.493 e. The van der Waals surface area contributed by atoms with E-state index in [2.05, 4.69) is 13.2 Å². The van der Waals surface area contributed by atoms with Crippen LogP contribution in [0, 0.1) is 0 Å². The highest BCUT2D eigenvalue weighted by atomic mass is 32.2. The molecule has 94 valence electrons. The van der Waals surface area contributed by atoms with Gasteiger partial charge < -0.3 is 4.74 Å². The molecule has 0 unspecified atom stereocenters. The molecule has 8 heteroatoms. The van der Waals surface area contributed by atoms with Crippen molar-refractivity contribution in [1.82, 2.24) is 4.72 Å². The van der Waals surface area contributed by atoms with Gasteiger partial charge >= 0.3 is 15.5 Å². The maximum Gasteiger partial charge on any atom is 0.511 e. The van der Waals surface area contributed by atoms with Crippen LogP contribution < -0.4 is 4.72 Å². The van der Waals surface area contributed by atoms with Crippen LogP contribution in [0.15, 0.2) is 24.5 Å². The molecule has 1 N–H and O–H groups in total. The van der Waals surface area contributed by atoms with Crippen LogP contribution >= 0.6 is 0 Å². The van der Waals surface area contributed by atoms with Crippen molar-refractivity contribution in [3.8, 4) is 0 Å². The number of sulfonamides is 1. The smallest absolute Gasteiger partial charge is 0.493 e. The van der Waals surface area contributed by atoms with Crippen LogP contribution in [0.3, 0.4) is 0 Å². The van der Waals surface area contributed by atoms with Gasteiger partial charge in [-0.3, -0.25) is 0 Å². The molecule has 0 aromatic carbocycles. The van der Waals surface area contributed by atoms with Crippen molar-refractivity contribution in [1.29, 1.82) is 0 Å². The van der Waals surface area contributed by atoms with Crippen molar-refractivity contribution in [2.24, 2.45) is 0 Å². The summed E-state index contributed by atoms with van der Waals surface area (Å²) in [6.07, 6.45) is 0. The second-order valence-corrected chi connectivity index (χ2v) is 4.65. The van der Waals surface area contributed by atoms with Gasteiger partial charge in [0.05, 0.1) is 0 Å². The average Bonchev–Trinajstić information content (AvgIpc) is 2.09. The number of hydrogen-bond donors (Lipinski definition) is 1. The summed E-state index contributed by atoms with van der Waals surface area (Å²) < 4.78 is 62.6. The molecular formula is C8H12F3NO3S. The summed E-state index contributed by atoms with van der Waals surface area (Å²) in [5, 5.41) is 0. The third-order valence-corrected chi connectivity index (χ3v) is 2.64. The van der Waals surface area contributed by atoms with Crippen molar-refractivity contribution in [2.45, 2.75) is 12.4 Å². The van der Waals surface area contributed by atoms with Crippen LogP contribution in [0.5, 0.6) is 0 Å². The fraction of sp³-hybridized carbons (Fsp3) is 0.500. The summed E-state index contributed by atoms with van der Waals surface area (Å²) in [4.78, 5) is 0. The molecule has 0 spiro atoms. The van der Waals surface area contributed by atoms with Crippen molar-refractivity contribution in [3.05, 3.63) is 24.5 Å². The third-order valence-electron chi connectivity index (χ3n) is 1.45. The Morgan fingerprint density at radius 3 is 2.25 bits per heavy atom. The predicted molar refractivity (Wildman–Crippen MR) is 52.9 cm³/mol. The van der Waals surface area contributed by atoms with Gasteiger partial charge in [0.25, 0.3) is 0 Å². The molecule has 0 saturated heterocycles. The highest BCUT2D eigenvalue weighted by Crippen LogP contribution is 2.21. The molecule has 0 aromatic rings. The molecule has 0 aliphatic heterocycles. The molecule has 0 aromatic heterocycles. The molecule has 0 fully saturated rings. The largest absolute Gasteiger partial charge is 0.511 e. The maximum absolute atomic E-state index is 11.8. The lowest BCUT2D eigenvalue weighted by Crippen LogP contribution is -2.38. The van der Waals surface area contributed by atoms with Crippen LogP contribution in [-0.4, -0.2) is 27.1 Å². The number of halogens is 3. The molecule has 0 saturated carbocycles. The van der Waals surface area contributed by atoms with Gasteiger partial charge in [0, 0.05) is 6.54 Å². The van der Waals surface area contributed by atoms with E-state index in [9.17, 15) is 21.6 Å². The molecule has 0 heterocycles. The van der Waals surface area contributed by atoms with Gasteiger partial charge in [-0.15, -0.1) is 0 Å². The lowest BCUT2D eigenvalue weighted by Gasteiger charge is -2.11. The topological polar surface area (TPSA) is 55.4 Å². The summed E-state index contributed by atoms with van der Waals surface area (Å²) in [5.41, 5.74) is -4.79. The van der Waals surface area contributed by atoms with Crippen LogP contribution in [0.25, 0.3) is 0 Å². The quantitative estimate of drug-likeness (QED) is 0.447. The Balaban J connectivity index is 4.02. The van der Waals surface area contributed by atoms with Crippen molar-refractivity contribution in [3.63, 3.8) is 0 Å². The molecule has 0 amide bonds. The SMILES string of the molecule is C=C(C)C(=C)OCCNS(=O)(=O)C(F)(F)F. The molecule has 0 rings (SSSR count). The van der Waals surface area contributed by atoms with E-state index in [1.165, 1.54) is 4.72 Å². The first-order valence-electron chi connectivity index (χ1n) is 4.11. The highest BCUT2D eigenvalue weighted by molar-refractivity contribution is 7.90. The zero-order valence-corrected chi connectivity index (χ0v) is 9.41. The maximum atomic E-state index is 11.8. The van der Waals surface area contributed by atoms with E-state index < -0.39 is 22.1 Å². The van der Waals surface area contributed by atoms with Gasteiger partial charge in [-0.1, -0.05) is 13.2 Å². The highest BCUT2D eigenvalue weighted by Gasteiger charge is 2.45. The van der Waals surface area contributed by atoms with E-state index in [4.69, 9.17) is 4.74 Å². The standard InChI is InChI=1S/C8H12F3NO3S/c1-6(2)7(3)15-5-4-12-16(13,14)8(9,10)11/h12H,1,3-5H2,2H3. The fourth-order valence-electron chi connectivity index (χ4n) is 0.555. The molecule has 16 heavy (non-hydrogen) atoms. The number of alkyl halides is 3. The molecule has 4 nitrogen and oxygen atoms in total. The van der Waals surface area contributed by atoms with E-state index >= 15 is 0 Å². The van der Waals surface area contributed by atoms with E-state index in [1.807, 2.05) is 0 Å². The number of ether oxygens (including phenoxy) is 1. The van der Waals surface area contributed by atoms with Gasteiger partial charge in [-0.05, 0) is 12.5 Å². The molecule has 0 atom stereocenters. The first-order valence-corrected chi connectivity index (χ1v) is 5.60. The number of nitrogens with one attached hydrogen (secondary N) is 1. The first kappa shape index (κ1) is 15.0. The minimum absolute atomic E-state index is 0.200. The number of hydrogen-bond acceptors (Lipinski definition) is 3. The van der Waals surface area contributed by atoms with Gasteiger partial charge in [-0.2, -0.15) is 13.2 Å². The Kier molecular flexibility index (Phi) is 5.01. The van der Waals surface area contributed by atoms with E-state index in [-0.39, 0.29) is 12.4 Å². The second kappa shape index (κ2) is 5.35. The van der Waals surface area contributed by atoms with E-state index in [0.29, 0.717) is 5.57 Å². The monoisotopic (exact) mass is 259 g/mol. The second-order valence-electron chi connectivity index (χ2n) is 2.90. The summed E-state index contributed by atoms with van der Waals surface area (Å²) in [6.45, 7) is 7.75. The van der Waals surface area contributed by atoms with Crippen molar-refractivity contribution in [2.75, 3.05) is 13.2 Å². The normalized spacial score (nSPS) is 12.2. The Hall–Kier alpha value is -1.02. The van der Waals surface area contributed by atoms with Crippen LogP contribution in [-0.2, 0) is 14.8 Å². The molecule has 0 aliphatic carbocycles. The van der Waals surface area contributed by atoms with Gasteiger partial charge in [-0.25, -0.2) is 13.1 Å². The summed E-state index contributed by atoms with van der Waals surface area (Å²) >= 11 is 0. The fourth-order valence-corrected chi connectivity index (χ4v) is 1.07. The van der Waals surface area contributed by atoms with E-state index in [1.54, 1.807) is 6.92 Å². The Morgan fingerprint density at radius 2 is 1.88 bits per heavy atom. The zero-order valence-electron chi connectivity index (χ0n) is 8.60. The van der Waals surface area contributed by atoms with Gasteiger partial charge in [0.1, 0.15) is 12.4 Å². The molecular weight excluding hydrogens is 247 g/mol. The molecule has 0 radical (unpaired) electrons. The summed E-state index contributed by atoms with van der Waals surface area (Å²) in [6, 6.07) is 0. The molecule has 0 aliphatic rings. The van der Waals surface area contributed by atoms with Gasteiger partial charge in [0.15, 0.2) is 0 Å². The lowest BCUT2D eigenvalue weighted by molar-refractivity contribution is -0.0448. The summed E-state index contributed by atoms with van der Waals surface area (Å²) in [7, 11) is -5.30. The van der Waals surface area contributed by atoms with Crippen molar-refractivity contribution < 1.29 is 26.3 Å². The first-order chi connectivity index (χ1) is 7.08. The van der Waals surface area contributed by atoms with Crippen LogP contribution in [0.2, 0.25) is 0 Å². The summed E-state index contributed by atoms with van der Waals surface area (Å²) in [5.74, 6) is 0.200. The Morgan fingerprint density at radius 1 is 1.38 bits per heavy atom. The number of rotatable bonds is 6. The third kappa shape index (κ3) is 4.67. The zero-order chi connectivity index (χ0) is 13.0. The van der Waals surface area contributed by atoms with Crippen molar-refractivity contribution >= 4 is 10.0 Å². The minimum atomic E-state index is -5.31.